The van der Waals surface area contributed by atoms with E-state index >= 15 is 0 Å². The lowest BCUT2D eigenvalue weighted by Gasteiger charge is -2.34. The number of nitrogens with one attached hydrogen (secondary N) is 1. The molecule has 1 fully saturated rings. The third kappa shape index (κ3) is 3.85. The second kappa shape index (κ2) is 6.92. The summed E-state index contributed by atoms with van der Waals surface area (Å²) in [6.07, 6.45) is 1.51. The van der Waals surface area contributed by atoms with Crippen LogP contribution in [0.4, 0.5) is 5.69 Å². The van der Waals surface area contributed by atoms with E-state index in [2.05, 4.69) is 5.32 Å². The van der Waals surface area contributed by atoms with Gasteiger partial charge in [-0.3, -0.25) is 14.5 Å². The minimum Gasteiger partial charge on any atom is -0.481 e. The normalized spacial score (nSPS) is 20.4. The van der Waals surface area contributed by atoms with Gasteiger partial charge >= 0.3 is 5.97 Å². The molecule has 1 aliphatic heterocycles. The van der Waals surface area contributed by atoms with Gasteiger partial charge in [-0.1, -0.05) is 17.7 Å². The van der Waals surface area contributed by atoms with Crippen molar-refractivity contribution >= 4 is 17.6 Å². The first-order valence-corrected chi connectivity index (χ1v) is 7.73. The van der Waals surface area contributed by atoms with Crippen molar-refractivity contribution in [2.24, 2.45) is 5.92 Å². The molecule has 0 aromatic heterocycles. The van der Waals surface area contributed by atoms with Gasteiger partial charge in [0, 0.05) is 12.2 Å². The first-order chi connectivity index (χ1) is 10.4. The molecule has 1 aromatic rings. The Hall–Kier alpha value is -1.88. The van der Waals surface area contributed by atoms with Crippen LogP contribution in [0.25, 0.3) is 0 Å². The number of rotatable bonds is 4. The summed E-state index contributed by atoms with van der Waals surface area (Å²) in [5, 5.41) is 12.1. The Balaban J connectivity index is 2.01. The minimum absolute atomic E-state index is 0.0852. The van der Waals surface area contributed by atoms with Crippen LogP contribution in [0.5, 0.6) is 0 Å². The molecule has 1 saturated heterocycles. The number of aliphatic carboxylic acids is 1. The maximum absolute atomic E-state index is 12.4. The topological polar surface area (TPSA) is 69.6 Å². The van der Waals surface area contributed by atoms with Crippen molar-refractivity contribution in [2.75, 3.05) is 18.4 Å². The van der Waals surface area contributed by atoms with Gasteiger partial charge in [0.15, 0.2) is 0 Å². The number of amides is 1. The van der Waals surface area contributed by atoms with Crippen LogP contribution in [0.3, 0.4) is 0 Å². The SMILES string of the molecule is Cc1ccc(NC(=O)C(C)N2CCCC(C(=O)O)C2)c(C)c1. The zero-order chi connectivity index (χ0) is 16.3. The van der Waals surface area contributed by atoms with Crippen LogP contribution in [0.15, 0.2) is 18.2 Å². The predicted octanol–water partition coefficient (Wildman–Crippen LogP) is 2.43. The largest absolute Gasteiger partial charge is 0.481 e. The zero-order valence-corrected chi connectivity index (χ0v) is 13.4. The maximum Gasteiger partial charge on any atom is 0.307 e. The summed E-state index contributed by atoms with van der Waals surface area (Å²) in [7, 11) is 0. The van der Waals surface area contributed by atoms with Crippen molar-refractivity contribution in [3.8, 4) is 0 Å². The fraction of sp³-hybridized carbons (Fsp3) is 0.529. The highest BCUT2D eigenvalue weighted by Crippen LogP contribution is 2.21. The molecule has 0 spiro atoms. The van der Waals surface area contributed by atoms with Crippen molar-refractivity contribution in [2.45, 2.75) is 39.7 Å². The zero-order valence-electron chi connectivity index (χ0n) is 13.4. The monoisotopic (exact) mass is 304 g/mol. The summed E-state index contributed by atoms with van der Waals surface area (Å²) in [6, 6.07) is 5.57. The quantitative estimate of drug-likeness (QED) is 0.896. The number of hydrogen-bond acceptors (Lipinski definition) is 3. The summed E-state index contributed by atoms with van der Waals surface area (Å²) in [6.45, 7) is 7.03. The molecule has 1 aromatic carbocycles. The fourth-order valence-electron chi connectivity index (χ4n) is 2.92. The van der Waals surface area contributed by atoms with Gasteiger partial charge in [0.1, 0.15) is 0 Å². The molecule has 2 atom stereocenters. The van der Waals surface area contributed by atoms with E-state index in [0.717, 1.165) is 29.8 Å². The number of anilines is 1. The highest BCUT2D eigenvalue weighted by atomic mass is 16.4. The van der Waals surface area contributed by atoms with E-state index in [-0.39, 0.29) is 17.9 Å². The number of nitrogens with zero attached hydrogens (tertiary/aromatic N) is 1. The Morgan fingerprint density at radius 1 is 1.36 bits per heavy atom. The van der Waals surface area contributed by atoms with Crippen LogP contribution in [0.2, 0.25) is 0 Å². The highest BCUT2D eigenvalue weighted by molar-refractivity contribution is 5.95. The molecule has 2 N–H and O–H groups in total. The lowest BCUT2D eigenvalue weighted by molar-refractivity contribution is -0.144. The molecule has 22 heavy (non-hydrogen) atoms. The molecule has 0 radical (unpaired) electrons. The Kier molecular flexibility index (Phi) is 5.19. The van der Waals surface area contributed by atoms with Crippen LogP contribution >= 0.6 is 0 Å². The van der Waals surface area contributed by atoms with Gasteiger partial charge in [-0.05, 0) is 51.8 Å². The Morgan fingerprint density at radius 2 is 2.09 bits per heavy atom. The van der Waals surface area contributed by atoms with Crippen LogP contribution in [-0.4, -0.2) is 41.0 Å². The van der Waals surface area contributed by atoms with Gasteiger partial charge in [0.25, 0.3) is 0 Å². The third-order valence-electron chi connectivity index (χ3n) is 4.37. The first kappa shape index (κ1) is 16.5. The van der Waals surface area contributed by atoms with Gasteiger partial charge in [-0.2, -0.15) is 0 Å². The average molecular weight is 304 g/mol. The molecule has 0 saturated carbocycles. The highest BCUT2D eigenvalue weighted by Gasteiger charge is 2.30. The van der Waals surface area contributed by atoms with Crippen LogP contribution in [0, 0.1) is 19.8 Å². The molecule has 5 nitrogen and oxygen atoms in total. The minimum atomic E-state index is -0.772. The molecule has 2 unspecified atom stereocenters. The van der Waals surface area contributed by atoms with E-state index < -0.39 is 5.97 Å². The predicted molar refractivity (Wildman–Crippen MR) is 85.9 cm³/mol. The van der Waals surface area contributed by atoms with Crippen molar-refractivity contribution in [1.29, 1.82) is 0 Å². The molecule has 1 heterocycles. The Bertz CT molecular complexity index is 571. The number of carboxylic acids is 1. The first-order valence-electron chi connectivity index (χ1n) is 7.73. The average Bonchev–Trinajstić information content (AvgIpc) is 2.49. The van der Waals surface area contributed by atoms with Gasteiger partial charge in [-0.25, -0.2) is 0 Å². The molecule has 5 heteroatoms. The van der Waals surface area contributed by atoms with Gasteiger partial charge in [-0.15, -0.1) is 0 Å². The number of piperidine rings is 1. The summed E-state index contributed by atoms with van der Waals surface area (Å²) >= 11 is 0. The van der Waals surface area contributed by atoms with Crippen LogP contribution in [-0.2, 0) is 9.59 Å². The number of carbonyl (C=O) groups is 2. The van der Waals surface area contributed by atoms with E-state index in [0.29, 0.717) is 13.0 Å². The summed E-state index contributed by atoms with van der Waals surface area (Å²) in [5.74, 6) is -1.23. The number of aryl methyl sites for hydroxylation is 2. The number of hydrogen-bond donors (Lipinski definition) is 2. The van der Waals surface area contributed by atoms with Gasteiger partial charge in [0.2, 0.25) is 5.91 Å². The lowest BCUT2D eigenvalue weighted by Crippen LogP contribution is -2.48. The van der Waals surface area contributed by atoms with E-state index in [4.69, 9.17) is 5.11 Å². The van der Waals surface area contributed by atoms with Crippen molar-refractivity contribution < 1.29 is 14.7 Å². The molecule has 0 bridgehead atoms. The fourth-order valence-corrected chi connectivity index (χ4v) is 2.92. The van der Waals surface area contributed by atoms with Crippen molar-refractivity contribution in [1.82, 2.24) is 4.90 Å². The Morgan fingerprint density at radius 3 is 2.73 bits per heavy atom. The standard InChI is InChI=1S/C17H24N2O3/c1-11-6-7-15(12(2)9-11)18-16(20)13(3)19-8-4-5-14(10-19)17(21)22/h6-7,9,13-14H,4-5,8,10H2,1-3H3,(H,18,20)(H,21,22). The molecular weight excluding hydrogens is 280 g/mol. The smallest absolute Gasteiger partial charge is 0.307 e. The van der Waals surface area contributed by atoms with Crippen molar-refractivity contribution in [3.05, 3.63) is 29.3 Å². The maximum atomic E-state index is 12.4. The van der Waals surface area contributed by atoms with Crippen molar-refractivity contribution in [3.63, 3.8) is 0 Å². The molecule has 1 aliphatic rings. The Labute approximate surface area is 131 Å². The second-order valence-corrected chi connectivity index (χ2v) is 6.16. The van der Waals surface area contributed by atoms with Crippen LogP contribution in [0.1, 0.15) is 30.9 Å². The number of carbonyl (C=O) groups excluding carboxylic acids is 1. The molecule has 120 valence electrons. The van der Waals surface area contributed by atoms with Gasteiger partial charge < -0.3 is 10.4 Å². The van der Waals surface area contributed by atoms with E-state index in [1.165, 1.54) is 0 Å². The molecular formula is C17H24N2O3. The summed E-state index contributed by atoms with van der Waals surface area (Å²) in [5.41, 5.74) is 3.00. The lowest BCUT2D eigenvalue weighted by atomic mass is 9.97. The number of likely N-dealkylation sites (tertiary alicyclic amines) is 1. The van der Waals surface area contributed by atoms with E-state index in [1.54, 1.807) is 0 Å². The summed E-state index contributed by atoms with van der Waals surface area (Å²) in [4.78, 5) is 25.5. The summed E-state index contributed by atoms with van der Waals surface area (Å²) < 4.78 is 0. The molecule has 2 rings (SSSR count). The second-order valence-electron chi connectivity index (χ2n) is 6.16. The molecule has 1 amide bonds. The number of benzene rings is 1. The van der Waals surface area contributed by atoms with Gasteiger partial charge in [0.05, 0.1) is 12.0 Å². The number of carboxylic acid groups (broad SMARTS) is 1. The van der Waals surface area contributed by atoms with Crippen LogP contribution < -0.4 is 5.32 Å². The third-order valence-corrected chi connectivity index (χ3v) is 4.37. The molecule has 0 aliphatic carbocycles. The van der Waals surface area contributed by atoms with E-state index in [9.17, 15) is 9.59 Å². The van der Waals surface area contributed by atoms with E-state index in [1.807, 2.05) is 43.9 Å².